The normalized spacial score (nSPS) is 10.3. The summed E-state index contributed by atoms with van der Waals surface area (Å²) in [7, 11) is 0. The molecule has 2 rings (SSSR count). The molecule has 0 bridgehead atoms. The fraction of sp³-hybridized carbons (Fsp3) is 0.133. The summed E-state index contributed by atoms with van der Waals surface area (Å²) in [5, 5.41) is 3.43. The number of aryl methyl sites for hydroxylation is 2. The fourth-order valence-electron chi connectivity index (χ4n) is 1.76. The first kappa shape index (κ1) is 13.4. The lowest BCUT2D eigenvalue weighted by molar-refractivity contribution is 0.102. The maximum absolute atomic E-state index is 12.1. The molecule has 0 aliphatic carbocycles. The van der Waals surface area contributed by atoms with E-state index in [1.807, 2.05) is 26.0 Å². The number of carbonyl (C=O) groups excluding carboxylic acids is 1. The molecule has 19 heavy (non-hydrogen) atoms. The third-order valence-corrected chi connectivity index (χ3v) is 3.34. The number of nitrogens with one attached hydrogen (secondary N) is 1. The van der Waals surface area contributed by atoms with E-state index in [9.17, 15) is 4.79 Å². The molecule has 0 atom stereocenters. The minimum absolute atomic E-state index is 0.185. The number of nitrogen functional groups attached to an aromatic ring is 1. The van der Waals surface area contributed by atoms with Crippen LogP contribution in [0.4, 0.5) is 11.4 Å². The average Bonchev–Trinajstić information content (AvgIpc) is 2.36. The molecule has 0 aliphatic rings. The summed E-state index contributed by atoms with van der Waals surface area (Å²) in [6, 6.07) is 10.6. The van der Waals surface area contributed by atoms with Crippen LogP contribution in [0.3, 0.4) is 0 Å². The Morgan fingerprint density at radius 3 is 2.47 bits per heavy atom. The lowest BCUT2D eigenvalue weighted by Crippen LogP contribution is -2.13. The summed E-state index contributed by atoms with van der Waals surface area (Å²) in [6.45, 7) is 3.79. The van der Waals surface area contributed by atoms with E-state index in [1.54, 1.807) is 24.3 Å². The van der Waals surface area contributed by atoms with Crippen LogP contribution in [0.15, 0.2) is 36.4 Å². The molecule has 0 unspecified atom stereocenters. The van der Waals surface area contributed by atoms with Crippen molar-refractivity contribution in [2.75, 3.05) is 11.1 Å². The van der Waals surface area contributed by atoms with Crippen LogP contribution in [0, 0.1) is 13.8 Å². The molecule has 0 saturated heterocycles. The highest BCUT2D eigenvalue weighted by Crippen LogP contribution is 2.20. The van der Waals surface area contributed by atoms with E-state index >= 15 is 0 Å². The Hall–Kier alpha value is -2.00. The molecule has 2 aromatic rings. The van der Waals surface area contributed by atoms with Crippen molar-refractivity contribution in [1.82, 2.24) is 0 Å². The van der Waals surface area contributed by atoms with Gasteiger partial charge in [-0.1, -0.05) is 17.7 Å². The van der Waals surface area contributed by atoms with Crippen LogP contribution in [0.5, 0.6) is 0 Å². The molecule has 2 aromatic carbocycles. The topological polar surface area (TPSA) is 55.1 Å². The van der Waals surface area contributed by atoms with Crippen LogP contribution in [0.2, 0.25) is 5.02 Å². The van der Waals surface area contributed by atoms with Gasteiger partial charge in [-0.05, 0) is 55.3 Å². The Morgan fingerprint density at radius 2 is 1.84 bits per heavy atom. The van der Waals surface area contributed by atoms with Crippen molar-refractivity contribution in [3.63, 3.8) is 0 Å². The van der Waals surface area contributed by atoms with Crippen molar-refractivity contribution in [2.45, 2.75) is 13.8 Å². The van der Waals surface area contributed by atoms with E-state index in [1.165, 1.54) is 0 Å². The zero-order valence-corrected chi connectivity index (χ0v) is 11.6. The summed E-state index contributed by atoms with van der Waals surface area (Å²) < 4.78 is 0. The van der Waals surface area contributed by atoms with Crippen molar-refractivity contribution in [1.29, 1.82) is 0 Å². The number of nitrogens with two attached hydrogens (primary N) is 1. The first-order valence-electron chi connectivity index (χ1n) is 5.91. The van der Waals surface area contributed by atoms with E-state index in [0.717, 1.165) is 16.8 Å². The molecule has 98 valence electrons. The van der Waals surface area contributed by atoms with Crippen LogP contribution >= 0.6 is 11.6 Å². The first-order chi connectivity index (χ1) is 8.97. The van der Waals surface area contributed by atoms with E-state index in [2.05, 4.69) is 5.32 Å². The van der Waals surface area contributed by atoms with Crippen LogP contribution < -0.4 is 11.1 Å². The number of anilines is 2. The molecule has 0 saturated carbocycles. The summed E-state index contributed by atoms with van der Waals surface area (Å²) in [5.41, 5.74) is 9.50. The largest absolute Gasteiger partial charge is 0.399 e. The molecule has 3 N–H and O–H groups in total. The molecular weight excluding hydrogens is 260 g/mol. The number of hydrogen-bond acceptors (Lipinski definition) is 2. The number of halogens is 1. The first-order valence-corrected chi connectivity index (χ1v) is 6.29. The van der Waals surface area contributed by atoms with Crippen LogP contribution in [-0.4, -0.2) is 5.91 Å². The van der Waals surface area contributed by atoms with Gasteiger partial charge in [-0.25, -0.2) is 0 Å². The van der Waals surface area contributed by atoms with Crippen molar-refractivity contribution in [3.05, 3.63) is 58.1 Å². The van der Waals surface area contributed by atoms with Crippen molar-refractivity contribution < 1.29 is 4.79 Å². The molecule has 1 amide bonds. The zero-order chi connectivity index (χ0) is 14.0. The summed E-state index contributed by atoms with van der Waals surface area (Å²) in [6.07, 6.45) is 0. The van der Waals surface area contributed by atoms with Crippen LogP contribution in [-0.2, 0) is 0 Å². The second-order valence-corrected chi connectivity index (χ2v) is 4.90. The molecular formula is C15H15ClN2O. The van der Waals surface area contributed by atoms with E-state index in [0.29, 0.717) is 16.3 Å². The Morgan fingerprint density at radius 1 is 1.11 bits per heavy atom. The van der Waals surface area contributed by atoms with E-state index < -0.39 is 0 Å². The Bertz CT molecular complexity index is 638. The predicted octanol–water partition coefficient (Wildman–Crippen LogP) is 3.79. The monoisotopic (exact) mass is 274 g/mol. The number of amides is 1. The van der Waals surface area contributed by atoms with Gasteiger partial charge in [-0.3, -0.25) is 4.79 Å². The number of benzene rings is 2. The van der Waals surface area contributed by atoms with Gasteiger partial charge in [0.1, 0.15) is 0 Å². The fourth-order valence-corrected chi connectivity index (χ4v) is 1.94. The van der Waals surface area contributed by atoms with Gasteiger partial charge in [0.25, 0.3) is 5.91 Å². The van der Waals surface area contributed by atoms with E-state index in [4.69, 9.17) is 17.3 Å². The van der Waals surface area contributed by atoms with Gasteiger partial charge in [-0.2, -0.15) is 0 Å². The van der Waals surface area contributed by atoms with Crippen LogP contribution in [0.1, 0.15) is 21.5 Å². The maximum Gasteiger partial charge on any atom is 0.255 e. The molecule has 0 heterocycles. The minimum atomic E-state index is -0.185. The number of carbonyl (C=O) groups is 1. The number of hydrogen-bond donors (Lipinski definition) is 2. The lowest BCUT2D eigenvalue weighted by atomic mass is 10.1. The zero-order valence-electron chi connectivity index (χ0n) is 10.8. The quantitative estimate of drug-likeness (QED) is 0.819. The summed E-state index contributed by atoms with van der Waals surface area (Å²) in [4.78, 5) is 12.1. The highest BCUT2D eigenvalue weighted by atomic mass is 35.5. The van der Waals surface area contributed by atoms with Gasteiger partial charge in [0.05, 0.1) is 0 Å². The predicted molar refractivity (Wildman–Crippen MR) is 79.7 cm³/mol. The van der Waals surface area contributed by atoms with Gasteiger partial charge in [0, 0.05) is 22.0 Å². The SMILES string of the molecule is Cc1ccc(C(=O)Nc2ccc(N)cc2C)cc1Cl. The standard InChI is InChI=1S/C15H15ClN2O/c1-9-3-4-11(8-13(9)16)15(19)18-14-6-5-12(17)7-10(14)2/h3-8H,17H2,1-2H3,(H,18,19). The highest BCUT2D eigenvalue weighted by Gasteiger charge is 2.09. The van der Waals surface area contributed by atoms with E-state index in [-0.39, 0.29) is 5.91 Å². The third kappa shape index (κ3) is 3.06. The van der Waals surface area contributed by atoms with Crippen molar-refractivity contribution in [3.8, 4) is 0 Å². The van der Waals surface area contributed by atoms with Gasteiger partial charge in [0.2, 0.25) is 0 Å². The Labute approximate surface area is 117 Å². The second-order valence-electron chi connectivity index (χ2n) is 4.49. The third-order valence-electron chi connectivity index (χ3n) is 2.93. The lowest BCUT2D eigenvalue weighted by Gasteiger charge is -2.09. The summed E-state index contributed by atoms with van der Waals surface area (Å²) in [5.74, 6) is -0.185. The van der Waals surface area contributed by atoms with Crippen molar-refractivity contribution in [2.24, 2.45) is 0 Å². The van der Waals surface area contributed by atoms with Crippen LogP contribution in [0.25, 0.3) is 0 Å². The molecule has 0 radical (unpaired) electrons. The highest BCUT2D eigenvalue weighted by molar-refractivity contribution is 6.31. The molecule has 3 nitrogen and oxygen atoms in total. The van der Waals surface area contributed by atoms with Crippen molar-refractivity contribution >= 4 is 28.9 Å². The van der Waals surface area contributed by atoms with Gasteiger partial charge < -0.3 is 11.1 Å². The maximum atomic E-state index is 12.1. The van der Waals surface area contributed by atoms with Gasteiger partial charge in [-0.15, -0.1) is 0 Å². The number of rotatable bonds is 2. The molecule has 0 spiro atoms. The summed E-state index contributed by atoms with van der Waals surface area (Å²) >= 11 is 6.02. The molecule has 0 fully saturated rings. The smallest absolute Gasteiger partial charge is 0.255 e. The second kappa shape index (κ2) is 5.33. The molecule has 4 heteroatoms. The Kier molecular flexibility index (Phi) is 3.76. The van der Waals surface area contributed by atoms with Gasteiger partial charge in [0.15, 0.2) is 0 Å². The average molecular weight is 275 g/mol. The molecule has 0 aliphatic heterocycles. The molecule has 0 aromatic heterocycles. The Balaban J connectivity index is 2.23. The minimum Gasteiger partial charge on any atom is -0.399 e. The van der Waals surface area contributed by atoms with Gasteiger partial charge >= 0.3 is 0 Å².